The van der Waals surface area contributed by atoms with Gasteiger partial charge in [-0.2, -0.15) is 0 Å². The first-order valence-electron chi connectivity index (χ1n) is 3.70. The van der Waals surface area contributed by atoms with Crippen LogP contribution < -0.4 is 9.05 Å². The third-order valence-electron chi connectivity index (χ3n) is 1.53. The molecule has 1 aliphatic heterocycles. The molecule has 12 heavy (non-hydrogen) atoms. The Kier molecular flexibility index (Phi) is 1.91. The van der Waals surface area contributed by atoms with Crippen molar-refractivity contribution in [2.45, 2.75) is 0 Å². The summed E-state index contributed by atoms with van der Waals surface area (Å²) in [5, 5.41) is 0. The second kappa shape index (κ2) is 2.92. The third-order valence-corrected chi connectivity index (χ3v) is 2.89. The van der Waals surface area contributed by atoms with E-state index in [-0.39, 0.29) is 0 Å². The summed E-state index contributed by atoms with van der Waals surface area (Å²) in [6.07, 6.45) is 0. The van der Waals surface area contributed by atoms with E-state index < -0.39 is 8.53 Å². The Hall–Kier alpha value is -0.790. The summed E-state index contributed by atoms with van der Waals surface area (Å²) >= 11 is 0. The van der Waals surface area contributed by atoms with Gasteiger partial charge in [-0.1, -0.05) is 12.1 Å². The zero-order valence-electron chi connectivity index (χ0n) is 7.02. The maximum atomic E-state index is 5.54. The minimum atomic E-state index is -0.898. The van der Waals surface area contributed by atoms with Crippen molar-refractivity contribution in [2.75, 3.05) is 14.1 Å². The van der Waals surface area contributed by atoms with E-state index in [1.54, 1.807) is 0 Å². The largest absolute Gasteiger partial charge is 0.423 e. The van der Waals surface area contributed by atoms with Gasteiger partial charge in [-0.25, -0.2) is 4.67 Å². The Morgan fingerprint density at radius 3 is 2.00 bits per heavy atom. The van der Waals surface area contributed by atoms with E-state index in [0.29, 0.717) is 0 Å². The predicted octanol–water partition coefficient (Wildman–Crippen LogP) is 2.25. The van der Waals surface area contributed by atoms with E-state index in [9.17, 15) is 0 Å². The Bertz CT molecular complexity index is 265. The van der Waals surface area contributed by atoms with Crippen LogP contribution in [0.5, 0.6) is 11.5 Å². The summed E-state index contributed by atoms with van der Waals surface area (Å²) in [5.74, 6) is 1.69. The van der Waals surface area contributed by atoms with E-state index in [4.69, 9.17) is 9.05 Å². The van der Waals surface area contributed by atoms with Gasteiger partial charge in [0.05, 0.1) is 0 Å². The first kappa shape index (κ1) is 7.84. The summed E-state index contributed by atoms with van der Waals surface area (Å²) < 4.78 is 13.0. The number of para-hydroxylation sites is 2. The number of benzene rings is 1. The molecule has 0 aliphatic carbocycles. The average Bonchev–Trinajstić information content (AvgIpc) is 2.46. The number of hydrogen-bond donors (Lipinski definition) is 0. The smallest absolute Gasteiger partial charge is 0.384 e. The molecule has 64 valence electrons. The average molecular weight is 183 g/mol. The van der Waals surface area contributed by atoms with Crippen molar-refractivity contribution >= 4 is 8.53 Å². The summed E-state index contributed by atoms with van der Waals surface area (Å²) in [5.41, 5.74) is 0. The Morgan fingerprint density at radius 1 is 1.08 bits per heavy atom. The molecule has 1 heterocycles. The fourth-order valence-electron chi connectivity index (χ4n) is 0.951. The fourth-order valence-corrected chi connectivity index (χ4v) is 1.95. The highest BCUT2D eigenvalue weighted by Crippen LogP contribution is 2.52. The molecule has 1 aromatic rings. The van der Waals surface area contributed by atoms with E-state index in [1.165, 1.54) is 0 Å². The van der Waals surface area contributed by atoms with Crippen LogP contribution in [0.25, 0.3) is 0 Å². The van der Waals surface area contributed by atoms with Crippen LogP contribution in [0.1, 0.15) is 0 Å². The van der Waals surface area contributed by atoms with E-state index in [0.717, 1.165) is 11.5 Å². The second-order valence-electron chi connectivity index (χ2n) is 2.71. The summed E-state index contributed by atoms with van der Waals surface area (Å²) in [7, 11) is 2.99. The van der Waals surface area contributed by atoms with Gasteiger partial charge in [0.15, 0.2) is 11.5 Å². The van der Waals surface area contributed by atoms with Gasteiger partial charge in [-0.3, -0.25) is 0 Å². The molecule has 0 saturated carbocycles. The first-order chi connectivity index (χ1) is 5.77. The summed E-state index contributed by atoms with van der Waals surface area (Å²) in [6, 6.07) is 7.72. The van der Waals surface area contributed by atoms with Crippen molar-refractivity contribution in [1.82, 2.24) is 4.67 Å². The lowest BCUT2D eigenvalue weighted by Gasteiger charge is -2.13. The molecule has 0 aromatic heterocycles. The molecule has 1 aliphatic rings. The van der Waals surface area contributed by atoms with Crippen LogP contribution in [0, 0.1) is 0 Å². The standard InChI is InChI=1S/C8H10NO2P/c1-9(2)12-10-7-5-3-4-6-8(7)11-12/h3-6H,1-2H3. The maximum absolute atomic E-state index is 5.54. The summed E-state index contributed by atoms with van der Waals surface area (Å²) in [4.78, 5) is 0. The van der Waals surface area contributed by atoms with Crippen LogP contribution in [-0.2, 0) is 0 Å². The van der Waals surface area contributed by atoms with Crippen LogP contribution in [0.4, 0.5) is 0 Å². The van der Waals surface area contributed by atoms with Crippen molar-refractivity contribution in [3.63, 3.8) is 0 Å². The number of fused-ring (bicyclic) bond motifs is 1. The van der Waals surface area contributed by atoms with E-state index in [2.05, 4.69) is 0 Å². The zero-order valence-corrected chi connectivity index (χ0v) is 7.91. The third kappa shape index (κ3) is 1.26. The van der Waals surface area contributed by atoms with Gasteiger partial charge in [0.25, 0.3) is 0 Å². The van der Waals surface area contributed by atoms with Crippen molar-refractivity contribution in [1.29, 1.82) is 0 Å². The lowest BCUT2D eigenvalue weighted by molar-refractivity contribution is 0.475. The highest BCUT2D eigenvalue weighted by Gasteiger charge is 2.27. The highest BCUT2D eigenvalue weighted by molar-refractivity contribution is 7.45. The molecule has 0 saturated heterocycles. The van der Waals surface area contributed by atoms with Gasteiger partial charge in [0.2, 0.25) is 0 Å². The van der Waals surface area contributed by atoms with Crippen LogP contribution in [0.3, 0.4) is 0 Å². The normalized spacial score (nSPS) is 15.6. The monoisotopic (exact) mass is 183 g/mol. The molecular weight excluding hydrogens is 173 g/mol. The fraction of sp³-hybridized carbons (Fsp3) is 0.250. The lowest BCUT2D eigenvalue weighted by Crippen LogP contribution is -2.08. The molecule has 0 fully saturated rings. The minimum absolute atomic E-state index is 0.845. The van der Waals surface area contributed by atoms with Gasteiger partial charge in [0.1, 0.15) is 0 Å². The van der Waals surface area contributed by atoms with Crippen LogP contribution in [0.15, 0.2) is 24.3 Å². The number of rotatable bonds is 1. The highest BCUT2D eigenvalue weighted by atomic mass is 31.2. The first-order valence-corrected chi connectivity index (χ1v) is 4.83. The summed E-state index contributed by atoms with van der Waals surface area (Å²) in [6.45, 7) is 0. The Balaban J connectivity index is 2.22. The predicted molar refractivity (Wildman–Crippen MR) is 48.3 cm³/mol. The molecular formula is C8H10NO2P. The van der Waals surface area contributed by atoms with E-state index >= 15 is 0 Å². The SMILES string of the molecule is CN(C)P1Oc2ccccc2O1. The van der Waals surface area contributed by atoms with Crippen LogP contribution in [0.2, 0.25) is 0 Å². The maximum Gasteiger partial charge on any atom is 0.384 e. The molecule has 0 atom stereocenters. The molecule has 0 N–H and O–H groups in total. The topological polar surface area (TPSA) is 21.7 Å². The Labute approximate surface area is 72.9 Å². The van der Waals surface area contributed by atoms with Gasteiger partial charge < -0.3 is 9.05 Å². The van der Waals surface area contributed by atoms with Crippen molar-refractivity contribution in [3.05, 3.63) is 24.3 Å². The molecule has 0 amide bonds. The molecule has 4 heteroatoms. The van der Waals surface area contributed by atoms with Gasteiger partial charge in [-0.05, 0) is 26.2 Å². The minimum Gasteiger partial charge on any atom is -0.423 e. The van der Waals surface area contributed by atoms with Gasteiger partial charge in [-0.15, -0.1) is 0 Å². The molecule has 1 aromatic carbocycles. The number of hydrogen-bond acceptors (Lipinski definition) is 3. The van der Waals surface area contributed by atoms with Crippen molar-refractivity contribution in [2.24, 2.45) is 0 Å². The molecule has 2 rings (SSSR count). The van der Waals surface area contributed by atoms with Crippen molar-refractivity contribution < 1.29 is 9.05 Å². The molecule has 0 radical (unpaired) electrons. The van der Waals surface area contributed by atoms with E-state index in [1.807, 2.05) is 43.0 Å². The zero-order chi connectivity index (χ0) is 8.55. The van der Waals surface area contributed by atoms with Crippen molar-refractivity contribution in [3.8, 4) is 11.5 Å². The Morgan fingerprint density at radius 2 is 1.58 bits per heavy atom. The lowest BCUT2D eigenvalue weighted by atomic mass is 10.3. The van der Waals surface area contributed by atoms with Gasteiger partial charge >= 0.3 is 8.53 Å². The molecule has 0 unspecified atom stereocenters. The number of nitrogens with zero attached hydrogens (tertiary/aromatic N) is 1. The molecule has 0 bridgehead atoms. The van der Waals surface area contributed by atoms with Gasteiger partial charge in [0, 0.05) is 0 Å². The molecule has 3 nitrogen and oxygen atoms in total. The van der Waals surface area contributed by atoms with Crippen LogP contribution in [-0.4, -0.2) is 18.8 Å². The van der Waals surface area contributed by atoms with Crippen LogP contribution >= 0.6 is 8.53 Å². The quantitative estimate of drug-likeness (QED) is 0.623. The molecule has 0 spiro atoms. The second-order valence-corrected chi connectivity index (χ2v) is 4.36.